The van der Waals surface area contributed by atoms with E-state index >= 15 is 0 Å². The van der Waals surface area contributed by atoms with E-state index in [1.165, 1.54) is 38.1 Å². The Hall–Kier alpha value is -8.33. The second-order valence-corrected chi connectivity index (χ2v) is 15.6. The molecule has 9 aromatic carbocycles. The van der Waals surface area contributed by atoms with Crippen molar-refractivity contribution < 1.29 is 0 Å². The monoisotopic (exact) mass is 763 g/mol. The number of hydrogen-bond donors (Lipinski definition) is 0. The number of nitrogens with zero attached hydrogens (tertiary/aromatic N) is 5. The molecule has 0 N–H and O–H groups in total. The SMILES string of the molecule is N#Cc1cc2c(c3cc(-n4c5ccccc5c5ccc6c(c7ccccc7n6-c6ccccc6)c54)ccc3n2-c2ccccc2)c2c1c1ccccc1n2-c1ccccc1. The van der Waals surface area contributed by atoms with Crippen LogP contribution in [-0.4, -0.2) is 18.3 Å². The molecule has 0 saturated heterocycles. The Kier molecular flexibility index (Phi) is 6.73. The lowest BCUT2D eigenvalue weighted by Gasteiger charge is -2.11. The van der Waals surface area contributed by atoms with Gasteiger partial charge in [0.25, 0.3) is 0 Å². The van der Waals surface area contributed by atoms with E-state index in [4.69, 9.17) is 0 Å². The Balaban J connectivity index is 1.23. The van der Waals surface area contributed by atoms with Gasteiger partial charge in [0.1, 0.15) is 0 Å². The van der Waals surface area contributed by atoms with Gasteiger partial charge in [-0.2, -0.15) is 5.26 Å². The first-order chi connectivity index (χ1) is 29.8. The Morgan fingerprint density at radius 1 is 0.283 bits per heavy atom. The van der Waals surface area contributed by atoms with Crippen LogP contribution < -0.4 is 0 Å². The number of para-hydroxylation sites is 6. The molecule has 0 aliphatic rings. The van der Waals surface area contributed by atoms with Gasteiger partial charge in [-0.3, -0.25) is 0 Å². The van der Waals surface area contributed by atoms with E-state index in [0.717, 1.165) is 71.9 Å². The van der Waals surface area contributed by atoms with Gasteiger partial charge in [-0.25, -0.2) is 0 Å². The molecule has 0 bridgehead atoms. The second kappa shape index (κ2) is 12.3. The van der Waals surface area contributed by atoms with Crippen molar-refractivity contribution in [1.82, 2.24) is 18.3 Å². The lowest BCUT2D eigenvalue weighted by molar-refractivity contribution is 1.16. The van der Waals surface area contributed by atoms with Crippen molar-refractivity contribution in [3.8, 4) is 28.8 Å². The Morgan fingerprint density at radius 3 is 1.37 bits per heavy atom. The maximum Gasteiger partial charge on any atom is 0.0999 e. The highest BCUT2D eigenvalue weighted by atomic mass is 15.0. The smallest absolute Gasteiger partial charge is 0.0999 e. The van der Waals surface area contributed by atoms with E-state index in [1.807, 2.05) is 0 Å². The number of rotatable bonds is 4. The molecule has 60 heavy (non-hydrogen) atoms. The number of hydrogen-bond acceptors (Lipinski definition) is 1. The van der Waals surface area contributed by atoms with Gasteiger partial charge in [-0.15, -0.1) is 0 Å². The second-order valence-electron chi connectivity index (χ2n) is 15.6. The summed E-state index contributed by atoms with van der Waals surface area (Å²) in [6.45, 7) is 0. The predicted molar refractivity (Wildman–Crippen MR) is 249 cm³/mol. The minimum absolute atomic E-state index is 0.656. The fourth-order valence-electron chi connectivity index (χ4n) is 10.2. The molecule has 0 aliphatic heterocycles. The largest absolute Gasteiger partial charge is 0.309 e. The van der Waals surface area contributed by atoms with Crippen molar-refractivity contribution in [3.05, 3.63) is 206 Å². The van der Waals surface area contributed by atoms with Crippen LogP contribution in [0.15, 0.2) is 200 Å². The van der Waals surface area contributed by atoms with Crippen molar-refractivity contribution in [2.45, 2.75) is 0 Å². The number of nitriles is 1. The zero-order valence-electron chi connectivity index (χ0n) is 32.3. The van der Waals surface area contributed by atoms with E-state index in [0.29, 0.717) is 5.56 Å². The van der Waals surface area contributed by atoms with E-state index in [1.54, 1.807) is 0 Å². The summed E-state index contributed by atoms with van der Waals surface area (Å²) < 4.78 is 9.57. The van der Waals surface area contributed by atoms with Gasteiger partial charge < -0.3 is 18.3 Å². The van der Waals surface area contributed by atoms with Crippen LogP contribution in [0.25, 0.3) is 110 Å². The minimum atomic E-state index is 0.656. The number of benzene rings is 9. The first-order valence-corrected chi connectivity index (χ1v) is 20.3. The Morgan fingerprint density at radius 2 is 0.733 bits per heavy atom. The van der Waals surface area contributed by atoms with E-state index in [9.17, 15) is 5.26 Å². The molecule has 0 saturated carbocycles. The van der Waals surface area contributed by atoms with Gasteiger partial charge in [-0.1, -0.05) is 115 Å². The minimum Gasteiger partial charge on any atom is -0.309 e. The molecule has 4 aromatic heterocycles. The van der Waals surface area contributed by atoms with Crippen molar-refractivity contribution in [2.75, 3.05) is 0 Å². The van der Waals surface area contributed by atoms with E-state index in [-0.39, 0.29) is 0 Å². The lowest BCUT2D eigenvalue weighted by atomic mass is 10.0. The molecule has 13 rings (SSSR count). The molecule has 0 radical (unpaired) electrons. The molecule has 13 aromatic rings. The molecule has 0 atom stereocenters. The summed E-state index contributed by atoms with van der Waals surface area (Å²) in [7, 11) is 0. The molecule has 5 nitrogen and oxygen atoms in total. The van der Waals surface area contributed by atoms with Gasteiger partial charge in [0.05, 0.1) is 55.8 Å². The predicted octanol–water partition coefficient (Wildman–Crippen LogP) is 13.9. The standard InChI is InChI=1S/C55H33N5/c56-34-35-32-50-53(55-51(35)42-23-11-15-27-47(42)59(55)38-20-8-3-9-21-38)44-33-39(28-30-48(44)58(50)37-18-6-2-7-19-37)60-45-25-13-10-22-40(45)41-29-31-49-52(54(41)60)43-24-12-14-26-46(43)57(49)36-16-4-1-5-17-36/h1-33H. The highest BCUT2D eigenvalue weighted by Crippen LogP contribution is 2.46. The third-order valence-corrected chi connectivity index (χ3v) is 12.5. The Labute approximate surface area is 344 Å². The van der Waals surface area contributed by atoms with Crippen molar-refractivity contribution in [2.24, 2.45) is 0 Å². The molecule has 0 spiro atoms. The summed E-state index contributed by atoms with van der Waals surface area (Å²) in [6.07, 6.45) is 0. The highest BCUT2D eigenvalue weighted by Gasteiger charge is 2.25. The number of fused-ring (bicyclic) bond motifs is 14. The summed E-state index contributed by atoms with van der Waals surface area (Å²) in [5, 5.41) is 20.0. The molecule has 0 amide bonds. The third kappa shape index (κ3) is 4.34. The summed E-state index contributed by atoms with van der Waals surface area (Å²) >= 11 is 0. The molecule has 4 heterocycles. The van der Waals surface area contributed by atoms with Gasteiger partial charge in [0, 0.05) is 65.8 Å². The zero-order chi connectivity index (χ0) is 39.5. The molecule has 0 aliphatic carbocycles. The van der Waals surface area contributed by atoms with Gasteiger partial charge >= 0.3 is 0 Å². The van der Waals surface area contributed by atoms with Crippen LogP contribution in [0, 0.1) is 11.3 Å². The molecule has 5 heteroatoms. The maximum atomic E-state index is 10.9. The molecular formula is C55H33N5. The summed E-state index contributed by atoms with van der Waals surface area (Å²) in [4.78, 5) is 0. The number of aromatic nitrogens is 4. The lowest BCUT2D eigenvalue weighted by Crippen LogP contribution is -1.96. The van der Waals surface area contributed by atoms with Crippen LogP contribution in [0.3, 0.4) is 0 Å². The average molecular weight is 764 g/mol. The third-order valence-electron chi connectivity index (χ3n) is 12.5. The topological polar surface area (TPSA) is 43.5 Å². The van der Waals surface area contributed by atoms with Crippen molar-refractivity contribution in [3.63, 3.8) is 0 Å². The zero-order valence-corrected chi connectivity index (χ0v) is 32.3. The summed E-state index contributed by atoms with van der Waals surface area (Å²) in [6, 6.07) is 74.1. The van der Waals surface area contributed by atoms with Crippen LogP contribution in [0.2, 0.25) is 0 Å². The van der Waals surface area contributed by atoms with E-state index < -0.39 is 0 Å². The molecular weight excluding hydrogens is 731 g/mol. The van der Waals surface area contributed by atoms with Gasteiger partial charge in [0.15, 0.2) is 0 Å². The fourth-order valence-corrected chi connectivity index (χ4v) is 10.2. The first kappa shape index (κ1) is 32.7. The molecule has 278 valence electrons. The van der Waals surface area contributed by atoms with Crippen LogP contribution >= 0.6 is 0 Å². The highest BCUT2D eigenvalue weighted by molar-refractivity contribution is 6.29. The van der Waals surface area contributed by atoms with Gasteiger partial charge in [0.2, 0.25) is 0 Å². The van der Waals surface area contributed by atoms with Crippen LogP contribution in [-0.2, 0) is 0 Å². The van der Waals surface area contributed by atoms with Crippen LogP contribution in [0.5, 0.6) is 0 Å². The van der Waals surface area contributed by atoms with Crippen molar-refractivity contribution in [1.29, 1.82) is 5.26 Å². The summed E-state index contributed by atoms with van der Waals surface area (Å²) in [5.74, 6) is 0. The van der Waals surface area contributed by atoms with Crippen LogP contribution in [0.1, 0.15) is 5.56 Å². The fraction of sp³-hybridized carbons (Fsp3) is 0. The van der Waals surface area contributed by atoms with Gasteiger partial charge in [-0.05, 0) is 84.9 Å². The summed E-state index contributed by atoms with van der Waals surface area (Å²) in [5.41, 5.74) is 13.8. The quantitative estimate of drug-likeness (QED) is 0.176. The molecule has 0 unspecified atom stereocenters. The first-order valence-electron chi connectivity index (χ1n) is 20.3. The maximum absolute atomic E-state index is 10.9. The van der Waals surface area contributed by atoms with Crippen molar-refractivity contribution >= 4 is 87.2 Å². The van der Waals surface area contributed by atoms with E-state index in [2.05, 4.69) is 225 Å². The molecule has 0 fully saturated rings. The normalized spacial score (nSPS) is 12.0. The Bertz CT molecular complexity index is 3930. The average Bonchev–Trinajstić information content (AvgIpc) is 4.04. The van der Waals surface area contributed by atoms with Crippen LogP contribution in [0.4, 0.5) is 0 Å².